The van der Waals surface area contributed by atoms with Crippen molar-refractivity contribution in [2.75, 3.05) is 18.0 Å². The molecular weight excluding hydrogens is 428 g/mol. The van der Waals surface area contributed by atoms with Gasteiger partial charge in [0.15, 0.2) is 0 Å². The molecule has 8 nitrogen and oxygen atoms in total. The average Bonchev–Trinajstić information content (AvgIpc) is 3.07. The fourth-order valence-corrected chi connectivity index (χ4v) is 4.99. The molecule has 182 valence electrons. The molecule has 2 unspecified atom stereocenters. The molecule has 2 saturated heterocycles. The lowest BCUT2D eigenvalue weighted by Gasteiger charge is -2.44. The van der Waals surface area contributed by atoms with Crippen molar-refractivity contribution < 1.29 is 9.84 Å². The van der Waals surface area contributed by atoms with E-state index in [0.29, 0.717) is 41.0 Å². The zero-order valence-electron chi connectivity index (χ0n) is 19.9. The van der Waals surface area contributed by atoms with E-state index in [2.05, 4.69) is 33.5 Å². The summed E-state index contributed by atoms with van der Waals surface area (Å²) in [6, 6.07) is 4.76. The van der Waals surface area contributed by atoms with Crippen LogP contribution < -0.4 is 26.8 Å². The Morgan fingerprint density at radius 1 is 1.18 bits per heavy atom. The van der Waals surface area contributed by atoms with Gasteiger partial charge in [-0.2, -0.15) is 0 Å². The second kappa shape index (κ2) is 10.2. The van der Waals surface area contributed by atoms with Gasteiger partial charge in [0.05, 0.1) is 5.70 Å². The smallest absolute Gasteiger partial charge is 0.215 e. The second-order valence-electron chi connectivity index (χ2n) is 9.16. The van der Waals surface area contributed by atoms with Crippen molar-refractivity contribution in [3.05, 3.63) is 77.8 Å². The van der Waals surface area contributed by atoms with Gasteiger partial charge in [-0.25, -0.2) is 4.98 Å². The minimum atomic E-state index is 0.00397. The molecule has 7 N–H and O–H groups in total. The summed E-state index contributed by atoms with van der Waals surface area (Å²) >= 11 is 0. The second-order valence-corrected chi connectivity index (χ2v) is 9.16. The van der Waals surface area contributed by atoms with E-state index >= 15 is 0 Å². The zero-order valence-corrected chi connectivity index (χ0v) is 19.9. The zero-order chi connectivity index (χ0) is 24.2. The van der Waals surface area contributed by atoms with E-state index in [0.717, 1.165) is 44.5 Å². The highest BCUT2D eigenvalue weighted by molar-refractivity contribution is 5.53. The molecule has 3 fully saturated rings. The van der Waals surface area contributed by atoms with Crippen molar-refractivity contribution in [3.8, 4) is 5.88 Å². The van der Waals surface area contributed by atoms with E-state index in [1.54, 1.807) is 12.2 Å². The van der Waals surface area contributed by atoms with Crippen molar-refractivity contribution in [1.82, 2.24) is 9.88 Å². The molecule has 1 aliphatic carbocycles. The van der Waals surface area contributed by atoms with E-state index in [9.17, 15) is 5.11 Å². The first kappa shape index (κ1) is 23.6. The SMILES string of the molecule is C=C/C(O)=C(\C=C/C)C(/N)=C/C(=C(N)N)N1CC2CCC(C1)N2c1ccnc(OC2CCC2)c1. The molecule has 2 aliphatic heterocycles. The molecule has 2 bridgehead atoms. The van der Waals surface area contributed by atoms with Crippen LogP contribution in [0.2, 0.25) is 0 Å². The van der Waals surface area contributed by atoms with Crippen molar-refractivity contribution in [2.24, 2.45) is 17.2 Å². The molecule has 2 atom stereocenters. The molecule has 0 spiro atoms. The lowest BCUT2D eigenvalue weighted by molar-refractivity contribution is 0.114. The molecule has 0 radical (unpaired) electrons. The Balaban J connectivity index is 1.54. The third kappa shape index (κ3) is 4.85. The summed E-state index contributed by atoms with van der Waals surface area (Å²) in [6.07, 6.45) is 14.4. The summed E-state index contributed by atoms with van der Waals surface area (Å²) in [5.74, 6) is 0.912. The first-order valence-corrected chi connectivity index (χ1v) is 12.0. The Morgan fingerprint density at radius 2 is 1.88 bits per heavy atom. The largest absolute Gasteiger partial charge is 0.507 e. The van der Waals surface area contributed by atoms with Crippen molar-refractivity contribution in [1.29, 1.82) is 0 Å². The molecule has 1 aromatic rings. The number of hydrogen-bond donors (Lipinski definition) is 4. The number of nitrogens with zero attached hydrogens (tertiary/aromatic N) is 3. The van der Waals surface area contributed by atoms with Gasteiger partial charge in [-0.3, -0.25) is 0 Å². The van der Waals surface area contributed by atoms with E-state index in [1.807, 2.05) is 19.2 Å². The topological polar surface area (TPSA) is 127 Å². The number of aromatic nitrogens is 1. The number of pyridine rings is 1. The van der Waals surface area contributed by atoms with Crippen LogP contribution >= 0.6 is 0 Å². The number of likely N-dealkylation sites (tertiary alicyclic amines) is 1. The minimum absolute atomic E-state index is 0.00397. The number of piperazine rings is 1. The van der Waals surface area contributed by atoms with Crippen molar-refractivity contribution >= 4 is 5.69 Å². The summed E-state index contributed by atoms with van der Waals surface area (Å²) in [7, 11) is 0. The van der Waals surface area contributed by atoms with Gasteiger partial charge in [-0.05, 0) is 57.2 Å². The highest BCUT2D eigenvalue weighted by Gasteiger charge is 2.41. The summed E-state index contributed by atoms with van der Waals surface area (Å²) < 4.78 is 6.03. The van der Waals surface area contributed by atoms with Gasteiger partial charge in [0, 0.05) is 54.4 Å². The quantitative estimate of drug-likeness (QED) is 0.341. The standard InChI is InChI=1S/C26H36N6O2/c1-3-6-21(24(33)4-2)22(27)14-23(26(28)29)31-15-18-9-10-19(16-31)32(18)17-11-12-30-25(13-17)34-20-7-5-8-20/h3-4,6,11-14,18-20,33H,2,5,7-10,15-16,27-29H2,1H3/b6-3-,22-14-,24-21-. The van der Waals surface area contributed by atoms with Gasteiger partial charge < -0.3 is 36.8 Å². The lowest BCUT2D eigenvalue weighted by Crippen LogP contribution is -2.54. The minimum Gasteiger partial charge on any atom is -0.507 e. The van der Waals surface area contributed by atoms with Gasteiger partial charge in [0.25, 0.3) is 0 Å². The van der Waals surface area contributed by atoms with E-state index in [4.69, 9.17) is 21.9 Å². The van der Waals surface area contributed by atoms with Crippen LogP contribution in [0.1, 0.15) is 39.0 Å². The number of hydrogen-bond acceptors (Lipinski definition) is 8. The van der Waals surface area contributed by atoms with Crippen molar-refractivity contribution in [3.63, 3.8) is 0 Å². The van der Waals surface area contributed by atoms with Crippen LogP contribution in [0.5, 0.6) is 5.88 Å². The van der Waals surface area contributed by atoms with Crippen LogP contribution in [0, 0.1) is 0 Å². The Kier molecular flexibility index (Phi) is 7.05. The number of anilines is 1. The highest BCUT2D eigenvalue weighted by atomic mass is 16.5. The fourth-order valence-electron chi connectivity index (χ4n) is 4.99. The number of fused-ring (bicyclic) bond motifs is 2. The number of aliphatic hydroxyl groups is 1. The van der Waals surface area contributed by atoms with E-state index < -0.39 is 0 Å². The first-order valence-electron chi connectivity index (χ1n) is 12.0. The Bertz CT molecular complexity index is 1020. The van der Waals surface area contributed by atoms with Gasteiger partial charge in [-0.15, -0.1) is 0 Å². The van der Waals surface area contributed by atoms with Gasteiger partial charge in [-0.1, -0.05) is 18.7 Å². The summed E-state index contributed by atoms with van der Waals surface area (Å²) in [5, 5.41) is 10.2. The van der Waals surface area contributed by atoms with Crippen LogP contribution in [0.3, 0.4) is 0 Å². The average molecular weight is 465 g/mol. The number of nitrogens with two attached hydrogens (primary N) is 3. The molecule has 1 aromatic heterocycles. The van der Waals surface area contributed by atoms with Crippen LogP contribution in [0.15, 0.2) is 77.8 Å². The van der Waals surface area contributed by atoms with Gasteiger partial charge >= 0.3 is 0 Å². The molecule has 8 heteroatoms. The molecule has 3 heterocycles. The number of rotatable bonds is 8. The monoisotopic (exact) mass is 464 g/mol. The predicted molar refractivity (Wildman–Crippen MR) is 136 cm³/mol. The molecule has 3 aliphatic rings. The first-order chi connectivity index (χ1) is 16.4. The van der Waals surface area contributed by atoms with Crippen LogP contribution in [-0.2, 0) is 0 Å². The molecular formula is C26H36N6O2. The molecule has 0 amide bonds. The lowest BCUT2D eigenvalue weighted by atomic mass is 9.96. The van der Waals surface area contributed by atoms with Gasteiger partial charge in [0.1, 0.15) is 17.7 Å². The normalized spacial score (nSPS) is 23.5. The predicted octanol–water partition coefficient (Wildman–Crippen LogP) is 3.17. The maximum Gasteiger partial charge on any atom is 0.215 e. The summed E-state index contributed by atoms with van der Waals surface area (Å²) in [6.45, 7) is 7.02. The van der Waals surface area contributed by atoms with Crippen LogP contribution in [0.4, 0.5) is 5.69 Å². The third-order valence-corrected chi connectivity index (χ3v) is 6.88. The Morgan fingerprint density at radius 3 is 2.44 bits per heavy atom. The maximum absolute atomic E-state index is 10.2. The molecule has 34 heavy (non-hydrogen) atoms. The summed E-state index contributed by atoms with van der Waals surface area (Å²) in [5.41, 5.74) is 21.2. The Labute approximate surface area is 201 Å². The maximum atomic E-state index is 10.2. The van der Waals surface area contributed by atoms with Crippen LogP contribution in [-0.4, -0.2) is 46.3 Å². The molecule has 4 rings (SSSR count). The number of ether oxygens (including phenoxy) is 1. The molecule has 0 aromatic carbocycles. The number of allylic oxidation sites excluding steroid dienone is 4. The van der Waals surface area contributed by atoms with Crippen LogP contribution in [0.25, 0.3) is 0 Å². The van der Waals surface area contributed by atoms with E-state index in [1.165, 1.54) is 12.5 Å². The summed E-state index contributed by atoms with van der Waals surface area (Å²) in [4.78, 5) is 9.10. The highest BCUT2D eigenvalue weighted by Crippen LogP contribution is 2.37. The van der Waals surface area contributed by atoms with E-state index in [-0.39, 0.29) is 11.6 Å². The van der Waals surface area contributed by atoms with Crippen molar-refractivity contribution in [2.45, 2.75) is 57.2 Å². The molecule has 1 saturated carbocycles. The Hall–Kier alpha value is -3.55. The fraction of sp³-hybridized carbons (Fsp3) is 0.423. The van der Waals surface area contributed by atoms with Gasteiger partial charge in [0.2, 0.25) is 5.88 Å². The third-order valence-electron chi connectivity index (χ3n) is 6.88. The number of aliphatic hydroxyl groups excluding tert-OH is 1.